The molecular weight excluding hydrogens is 297 g/mol. The summed E-state index contributed by atoms with van der Waals surface area (Å²) in [7, 11) is 1.72. The average Bonchev–Trinajstić information content (AvgIpc) is 2.57. The predicted octanol–water partition coefficient (Wildman–Crippen LogP) is 0.923. The third-order valence-corrected chi connectivity index (χ3v) is 4.39. The molecule has 3 N–H and O–H groups in total. The second-order valence-corrected chi connectivity index (χ2v) is 5.97. The molecule has 1 fully saturated rings. The number of methoxy groups -OCH3 is 1. The number of carbonyl (C=O) groups excluding carboxylic acids is 1. The van der Waals surface area contributed by atoms with E-state index in [2.05, 4.69) is 10.2 Å². The molecule has 5 nitrogen and oxygen atoms in total. The van der Waals surface area contributed by atoms with Crippen molar-refractivity contribution >= 4 is 5.91 Å². The number of halogens is 1. The molecular formula is C17H26FN3O2. The van der Waals surface area contributed by atoms with Gasteiger partial charge in [-0.05, 0) is 37.0 Å². The van der Waals surface area contributed by atoms with Gasteiger partial charge in [0.2, 0.25) is 5.91 Å². The van der Waals surface area contributed by atoms with Gasteiger partial charge in [0.1, 0.15) is 5.82 Å². The van der Waals surface area contributed by atoms with E-state index in [4.69, 9.17) is 10.5 Å². The van der Waals surface area contributed by atoms with E-state index in [9.17, 15) is 9.18 Å². The van der Waals surface area contributed by atoms with E-state index in [1.54, 1.807) is 19.2 Å². The van der Waals surface area contributed by atoms with Crippen molar-refractivity contribution in [2.75, 3.05) is 33.3 Å². The minimum atomic E-state index is -0.245. The van der Waals surface area contributed by atoms with Crippen molar-refractivity contribution in [2.45, 2.75) is 31.4 Å². The van der Waals surface area contributed by atoms with Gasteiger partial charge in [0.05, 0.1) is 12.6 Å². The highest BCUT2D eigenvalue weighted by molar-refractivity contribution is 5.78. The Balaban J connectivity index is 1.72. The van der Waals surface area contributed by atoms with Crippen LogP contribution in [0.4, 0.5) is 4.39 Å². The molecule has 1 amide bonds. The predicted molar refractivity (Wildman–Crippen MR) is 87.6 cm³/mol. The Hall–Kier alpha value is -1.50. The van der Waals surface area contributed by atoms with E-state index in [1.165, 1.54) is 12.1 Å². The quantitative estimate of drug-likeness (QED) is 0.783. The van der Waals surface area contributed by atoms with Gasteiger partial charge in [-0.2, -0.15) is 0 Å². The van der Waals surface area contributed by atoms with Crippen molar-refractivity contribution in [1.82, 2.24) is 10.2 Å². The maximum Gasteiger partial charge on any atom is 0.234 e. The molecule has 1 aliphatic rings. The molecule has 0 aromatic heterocycles. The van der Waals surface area contributed by atoms with Crippen LogP contribution in [0.2, 0.25) is 0 Å². The van der Waals surface area contributed by atoms with E-state index in [0.29, 0.717) is 26.1 Å². The maximum absolute atomic E-state index is 12.8. The third-order valence-electron chi connectivity index (χ3n) is 4.39. The molecule has 2 rings (SSSR count). The summed E-state index contributed by atoms with van der Waals surface area (Å²) in [5.74, 6) is -0.244. The topological polar surface area (TPSA) is 67.6 Å². The molecule has 1 aliphatic heterocycles. The first kappa shape index (κ1) is 17.8. The van der Waals surface area contributed by atoms with Crippen molar-refractivity contribution in [2.24, 2.45) is 5.73 Å². The van der Waals surface area contributed by atoms with Crippen molar-refractivity contribution in [3.05, 3.63) is 35.6 Å². The van der Waals surface area contributed by atoms with E-state index < -0.39 is 0 Å². The lowest BCUT2D eigenvalue weighted by Crippen LogP contribution is -2.51. The highest BCUT2D eigenvalue weighted by Crippen LogP contribution is 2.18. The molecule has 23 heavy (non-hydrogen) atoms. The Bertz CT molecular complexity index is 495. The van der Waals surface area contributed by atoms with E-state index in [0.717, 1.165) is 24.9 Å². The van der Waals surface area contributed by atoms with Crippen LogP contribution in [0.3, 0.4) is 0 Å². The lowest BCUT2D eigenvalue weighted by molar-refractivity contribution is -0.123. The number of hydrogen-bond acceptors (Lipinski definition) is 4. The zero-order chi connectivity index (χ0) is 16.7. The van der Waals surface area contributed by atoms with Crippen LogP contribution >= 0.6 is 0 Å². The van der Waals surface area contributed by atoms with Crippen LogP contribution in [0.5, 0.6) is 0 Å². The number of nitrogens with one attached hydrogen (secondary N) is 1. The minimum Gasteiger partial charge on any atom is -0.381 e. The number of amides is 1. The lowest BCUT2D eigenvalue weighted by Gasteiger charge is -2.37. The monoisotopic (exact) mass is 323 g/mol. The number of carbonyl (C=O) groups is 1. The Morgan fingerprint density at radius 2 is 2.17 bits per heavy atom. The number of piperidine rings is 1. The highest BCUT2D eigenvalue weighted by atomic mass is 19.1. The van der Waals surface area contributed by atoms with Gasteiger partial charge in [-0.25, -0.2) is 4.39 Å². The fourth-order valence-electron chi connectivity index (χ4n) is 2.97. The van der Waals surface area contributed by atoms with Gasteiger partial charge >= 0.3 is 0 Å². The smallest absolute Gasteiger partial charge is 0.234 e. The maximum atomic E-state index is 12.8. The van der Waals surface area contributed by atoms with Gasteiger partial charge in [0, 0.05) is 32.8 Å². The summed E-state index contributed by atoms with van der Waals surface area (Å²) < 4.78 is 18.2. The number of benzene rings is 1. The molecule has 2 atom stereocenters. The molecule has 0 bridgehead atoms. The lowest BCUT2D eigenvalue weighted by atomic mass is 9.99. The number of nitrogens with zero attached hydrogens (tertiary/aromatic N) is 1. The molecule has 6 heteroatoms. The zero-order valence-electron chi connectivity index (χ0n) is 13.6. The molecule has 2 unspecified atom stereocenters. The largest absolute Gasteiger partial charge is 0.381 e. The molecule has 1 heterocycles. The second kappa shape index (κ2) is 8.96. The molecule has 0 spiro atoms. The fourth-order valence-corrected chi connectivity index (χ4v) is 2.97. The minimum absolute atomic E-state index is 0.00132. The normalized spacial score (nSPS) is 22.0. The first-order valence-electron chi connectivity index (χ1n) is 8.10. The van der Waals surface area contributed by atoms with Crippen LogP contribution in [-0.2, 0) is 16.0 Å². The summed E-state index contributed by atoms with van der Waals surface area (Å²) in [5.41, 5.74) is 6.82. The SMILES string of the molecule is COC1CCN(CC(=O)NCCc2ccc(F)cc2)C(CN)C1. The molecule has 0 radical (unpaired) electrons. The molecule has 0 saturated carbocycles. The van der Waals surface area contributed by atoms with Crippen molar-refractivity contribution in [3.8, 4) is 0 Å². The molecule has 0 aliphatic carbocycles. The van der Waals surface area contributed by atoms with E-state index in [-0.39, 0.29) is 23.9 Å². The summed E-state index contributed by atoms with van der Waals surface area (Å²) in [4.78, 5) is 14.2. The summed E-state index contributed by atoms with van der Waals surface area (Å²) in [5, 5.41) is 2.92. The summed E-state index contributed by atoms with van der Waals surface area (Å²) in [6.45, 7) is 2.27. The highest BCUT2D eigenvalue weighted by Gasteiger charge is 2.28. The Morgan fingerprint density at radius 1 is 1.43 bits per heavy atom. The summed E-state index contributed by atoms with van der Waals surface area (Å²) in [6, 6.07) is 6.53. The number of hydrogen-bond donors (Lipinski definition) is 2. The number of likely N-dealkylation sites (tertiary alicyclic amines) is 1. The first-order chi connectivity index (χ1) is 11.1. The van der Waals surface area contributed by atoms with Crippen LogP contribution in [0.25, 0.3) is 0 Å². The van der Waals surface area contributed by atoms with Crippen molar-refractivity contribution in [1.29, 1.82) is 0 Å². The molecule has 128 valence electrons. The van der Waals surface area contributed by atoms with Gasteiger partial charge in [-0.15, -0.1) is 0 Å². The van der Waals surface area contributed by atoms with Crippen LogP contribution in [-0.4, -0.2) is 56.2 Å². The number of rotatable bonds is 7. The number of ether oxygens (including phenoxy) is 1. The first-order valence-corrected chi connectivity index (χ1v) is 8.10. The standard InChI is InChI=1S/C17H26FN3O2/c1-23-16-7-9-21(15(10-16)11-19)12-17(22)20-8-6-13-2-4-14(18)5-3-13/h2-5,15-16H,6-12,19H2,1H3,(H,20,22). The summed E-state index contributed by atoms with van der Waals surface area (Å²) >= 11 is 0. The number of nitrogens with two attached hydrogens (primary N) is 1. The van der Waals surface area contributed by atoms with Crippen LogP contribution in [0.15, 0.2) is 24.3 Å². The Morgan fingerprint density at radius 3 is 2.83 bits per heavy atom. The van der Waals surface area contributed by atoms with Gasteiger partial charge in [-0.3, -0.25) is 9.69 Å². The van der Waals surface area contributed by atoms with Gasteiger partial charge in [-0.1, -0.05) is 12.1 Å². The van der Waals surface area contributed by atoms with Gasteiger partial charge < -0.3 is 15.8 Å². The van der Waals surface area contributed by atoms with E-state index >= 15 is 0 Å². The zero-order valence-corrected chi connectivity index (χ0v) is 13.6. The Labute approximate surface area is 137 Å². The average molecular weight is 323 g/mol. The van der Waals surface area contributed by atoms with Crippen LogP contribution in [0.1, 0.15) is 18.4 Å². The molecule has 1 saturated heterocycles. The second-order valence-electron chi connectivity index (χ2n) is 5.97. The van der Waals surface area contributed by atoms with E-state index in [1.807, 2.05) is 0 Å². The van der Waals surface area contributed by atoms with Gasteiger partial charge in [0.15, 0.2) is 0 Å². The molecule has 1 aromatic carbocycles. The van der Waals surface area contributed by atoms with Crippen molar-refractivity contribution in [3.63, 3.8) is 0 Å². The van der Waals surface area contributed by atoms with Crippen LogP contribution in [0, 0.1) is 5.82 Å². The summed E-state index contributed by atoms with van der Waals surface area (Å²) in [6.07, 6.45) is 2.73. The van der Waals surface area contributed by atoms with Gasteiger partial charge in [0.25, 0.3) is 0 Å². The van der Waals surface area contributed by atoms with Crippen LogP contribution < -0.4 is 11.1 Å². The van der Waals surface area contributed by atoms with Crippen molar-refractivity contribution < 1.29 is 13.9 Å². The molecule has 1 aromatic rings. The third kappa shape index (κ3) is 5.57. The fraction of sp³-hybridized carbons (Fsp3) is 0.588. The Kier molecular flexibility index (Phi) is 6.95.